The molecule has 0 rings (SSSR count). The summed E-state index contributed by atoms with van der Waals surface area (Å²) in [6.45, 7) is 7.96. The minimum absolute atomic E-state index is 0.0125. The van der Waals surface area contributed by atoms with Crippen molar-refractivity contribution in [2.24, 2.45) is 0 Å². The molecule has 0 aliphatic rings. The third kappa shape index (κ3) is 12.2. The molecular weight excluding hydrogens is 532 g/mol. The normalized spacial score (nSPS) is 19.3. The van der Waals surface area contributed by atoms with Crippen molar-refractivity contribution in [2.75, 3.05) is 38.2 Å². The monoisotopic (exact) mass is 575 g/mol. The van der Waals surface area contributed by atoms with Crippen LogP contribution in [0.1, 0.15) is 59.8 Å². The van der Waals surface area contributed by atoms with Crippen LogP contribution in [-0.2, 0) is 18.3 Å². The van der Waals surface area contributed by atoms with Crippen molar-refractivity contribution in [1.29, 1.82) is 0 Å². The number of rotatable bonds is 17. The standard InChI is InChI=1S/C17H42N2O11P4/c1-6-16(7-2,19(13-31(5,20)21)15-34(28,29)30)10-11-18(14-33(25,26)27)17(8-3,9-4)12-32(22,23)24/h6-15H2,1-5H3,(H,20,21)(H2,22,23,24)(H2,25,26,27)(H2,28,29,30)/p+1. The van der Waals surface area contributed by atoms with Crippen LogP contribution in [0, 0.1) is 0 Å². The molecule has 0 aromatic heterocycles. The van der Waals surface area contributed by atoms with Crippen LogP contribution in [-0.4, -0.2) is 78.7 Å². The zero-order chi connectivity index (χ0) is 27.2. The van der Waals surface area contributed by atoms with Gasteiger partial charge in [-0.1, -0.05) is 27.7 Å². The predicted octanol–water partition coefficient (Wildman–Crippen LogP) is -1.06. The molecule has 0 bridgehead atoms. The van der Waals surface area contributed by atoms with Gasteiger partial charge < -0.3 is 48.6 Å². The lowest BCUT2D eigenvalue weighted by atomic mass is 9.86. The molecule has 0 saturated heterocycles. The van der Waals surface area contributed by atoms with Crippen molar-refractivity contribution in [3.63, 3.8) is 0 Å². The largest absolute Gasteiger partial charge is 0.778 e. The quantitative estimate of drug-likeness (QED) is 0.0977. The van der Waals surface area contributed by atoms with E-state index in [0.717, 1.165) is 6.66 Å². The van der Waals surface area contributed by atoms with Gasteiger partial charge in [0.05, 0.1) is 19.1 Å². The van der Waals surface area contributed by atoms with Crippen LogP contribution in [0.3, 0.4) is 0 Å². The topological polar surface area (TPSA) is 222 Å². The Bertz CT molecular complexity index is 799. The van der Waals surface area contributed by atoms with Crippen LogP contribution in [0.25, 0.3) is 0 Å². The molecule has 0 aromatic rings. The second kappa shape index (κ2) is 12.9. The lowest BCUT2D eigenvalue weighted by Gasteiger charge is -2.45. The maximum Gasteiger partial charge on any atom is 0.379 e. The van der Waals surface area contributed by atoms with Gasteiger partial charge in [0.25, 0.3) is 0 Å². The van der Waals surface area contributed by atoms with E-state index in [0.29, 0.717) is 12.8 Å². The molecule has 206 valence electrons. The van der Waals surface area contributed by atoms with Gasteiger partial charge in [-0.05, 0) is 25.7 Å². The summed E-state index contributed by atoms with van der Waals surface area (Å²) in [5.41, 5.74) is -2.13. The van der Waals surface area contributed by atoms with Crippen LogP contribution in [0.2, 0.25) is 0 Å². The molecule has 13 nitrogen and oxygen atoms in total. The lowest BCUT2D eigenvalue weighted by molar-refractivity contribution is -0.960. The molecule has 0 saturated carbocycles. The summed E-state index contributed by atoms with van der Waals surface area (Å²) >= 11 is 0. The first kappa shape index (κ1) is 34.6. The molecule has 0 aromatic carbocycles. The number of quaternary nitrogens is 2. The van der Waals surface area contributed by atoms with E-state index in [1.807, 2.05) is 0 Å². The summed E-state index contributed by atoms with van der Waals surface area (Å²) in [5.74, 6) is 0. The summed E-state index contributed by atoms with van der Waals surface area (Å²) in [6, 6.07) is 0. The second-order valence-corrected chi connectivity index (χ2v) is 16.6. The molecule has 0 heterocycles. The van der Waals surface area contributed by atoms with Crippen molar-refractivity contribution >= 4 is 30.2 Å². The van der Waals surface area contributed by atoms with E-state index >= 15 is 0 Å². The van der Waals surface area contributed by atoms with E-state index in [1.165, 1.54) is 0 Å². The van der Waals surface area contributed by atoms with Crippen LogP contribution in [0.5, 0.6) is 0 Å². The van der Waals surface area contributed by atoms with Gasteiger partial charge in [0.15, 0.2) is 18.9 Å². The van der Waals surface area contributed by atoms with Crippen LogP contribution < -0.4 is 14.7 Å². The first-order chi connectivity index (χ1) is 15.1. The molecule has 0 amide bonds. The zero-order valence-corrected chi connectivity index (χ0v) is 24.2. The molecule has 34 heavy (non-hydrogen) atoms. The van der Waals surface area contributed by atoms with Gasteiger partial charge in [-0.3, -0.25) is 13.7 Å². The molecule has 4 unspecified atom stereocenters. The highest BCUT2D eigenvalue weighted by atomic mass is 31.2. The third-order valence-electron chi connectivity index (χ3n) is 6.89. The number of hydrogen-bond donors (Lipinski definition) is 8. The van der Waals surface area contributed by atoms with Crippen molar-refractivity contribution in [2.45, 2.75) is 70.9 Å². The average Bonchev–Trinajstić information content (AvgIpc) is 2.62. The highest BCUT2D eigenvalue weighted by Crippen LogP contribution is 2.38. The van der Waals surface area contributed by atoms with Gasteiger partial charge in [-0.25, -0.2) is 0 Å². The molecule has 0 spiro atoms. The molecular formula is C17H43N2O11P4+. The van der Waals surface area contributed by atoms with Gasteiger partial charge in [-0.15, -0.1) is 0 Å². The van der Waals surface area contributed by atoms with Gasteiger partial charge in [0.1, 0.15) is 18.7 Å². The molecule has 0 fully saturated rings. The Morgan fingerprint density at radius 2 is 1.06 bits per heavy atom. The van der Waals surface area contributed by atoms with Crippen molar-refractivity contribution in [1.82, 2.24) is 0 Å². The van der Waals surface area contributed by atoms with E-state index in [-0.39, 0.29) is 35.6 Å². The maximum atomic E-state index is 12.2. The van der Waals surface area contributed by atoms with Gasteiger partial charge in [0, 0.05) is 6.66 Å². The molecule has 17 heteroatoms. The predicted molar refractivity (Wildman–Crippen MR) is 127 cm³/mol. The number of hydrogen-bond acceptors (Lipinski definition) is 5. The van der Waals surface area contributed by atoms with Crippen molar-refractivity contribution in [3.8, 4) is 0 Å². The summed E-state index contributed by atoms with van der Waals surface area (Å²) in [5, 5.41) is 0. The van der Waals surface area contributed by atoms with E-state index in [4.69, 9.17) is 0 Å². The van der Waals surface area contributed by atoms with Crippen molar-refractivity contribution < 1.29 is 62.3 Å². The van der Waals surface area contributed by atoms with Gasteiger partial charge in [-0.2, -0.15) is 0 Å². The minimum atomic E-state index is -4.79. The van der Waals surface area contributed by atoms with E-state index < -0.39 is 66.3 Å². The Kier molecular flexibility index (Phi) is 13.1. The van der Waals surface area contributed by atoms with E-state index in [2.05, 4.69) is 0 Å². The summed E-state index contributed by atoms with van der Waals surface area (Å²) < 4.78 is 47.8. The first-order valence-electron chi connectivity index (χ1n) is 11.2. The van der Waals surface area contributed by atoms with E-state index in [1.54, 1.807) is 27.7 Å². The fourth-order valence-electron chi connectivity index (χ4n) is 4.89. The highest BCUT2D eigenvalue weighted by molar-refractivity contribution is 7.57. The number of nitrogens with one attached hydrogen (secondary N) is 2. The maximum absolute atomic E-state index is 12.2. The Morgan fingerprint density at radius 1 is 0.676 bits per heavy atom. The lowest BCUT2D eigenvalue weighted by Crippen LogP contribution is -3.23. The SMILES string of the molecule is CCC(CC)(CC[NH+](CP(=O)(O)O)C(CC)(CC)CP(=O)([O-])O)[NH+](CP(C)(=O)O)CP(=O)(O)O. The zero-order valence-electron chi connectivity index (χ0n) is 20.6. The molecule has 8 N–H and O–H groups in total. The van der Waals surface area contributed by atoms with Crippen LogP contribution >= 0.6 is 30.2 Å². The van der Waals surface area contributed by atoms with Gasteiger partial charge >= 0.3 is 15.2 Å². The van der Waals surface area contributed by atoms with Crippen LogP contribution in [0.15, 0.2) is 0 Å². The minimum Gasteiger partial charge on any atom is -0.778 e. The summed E-state index contributed by atoms with van der Waals surface area (Å²) in [4.78, 5) is 70.5. The third-order valence-corrected chi connectivity index (χ3v) is 10.5. The Hall–Kier alpha value is 0.560. The second-order valence-electron chi connectivity index (χ2n) is 9.33. The van der Waals surface area contributed by atoms with E-state index in [9.17, 15) is 52.5 Å². The summed E-state index contributed by atoms with van der Waals surface area (Å²) in [7, 11) is -17.7. The Labute approximate surface area is 201 Å². The van der Waals surface area contributed by atoms with Gasteiger partial charge in [0.2, 0.25) is 7.37 Å². The fraction of sp³-hybridized carbons (Fsp3) is 1.00. The molecule has 0 aliphatic heterocycles. The first-order valence-corrected chi connectivity index (χ1v) is 18.8. The highest BCUT2D eigenvalue weighted by Gasteiger charge is 2.47. The molecule has 0 radical (unpaired) electrons. The van der Waals surface area contributed by atoms with Crippen LogP contribution in [0.4, 0.5) is 0 Å². The smallest absolute Gasteiger partial charge is 0.379 e. The molecule has 0 aliphatic carbocycles. The van der Waals surface area contributed by atoms with Crippen molar-refractivity contribution in [3.05, 3.63) is 0 Å². The fourth-order valence-corrected chi connectivity index (χ4v) is 9.59. The molecule has 4 atom stereocenters. The Balaban J connectivity index is 6.44. The summed E-state index contributed by atoms with van der Waals surface area (Å²) in [6.07, 6.45) is -1.28. The Morgan fingerprint density at radius 3 is 1.35 bits per heavy atom. The average molecular weight is 575 g/mol.